The first kappa shape index (κ1) is 20.3. The Morgan fingerprint density at radius 1 is 1.36 bits per heavy atom. The van der Waals surface area contributed by atoms with E-state index in [-0.39, 0.29) is 0 Å². The number of carboxylic acid groups (broad SMARTS) is 1. The number of aliphatic hydroxyl groups is 1. The van der Waals surface area contributed by atoms with Crippen molar-refractivity contribution in [3.8, 4) is 0 Å². The van der Waals surface area contributed by atoms with Gasteiger partial charge in [-0.05, 0) is 38.8 Å². The fourth-order valence-corrected chi connectivity index (χ4v) is 4.16. The van der Waals surface area contributed by atoms with Crippen molar-refractivity contribution in [2.45, 2.75) is 45.9 Å². The molecule has 0 spiro atoms. The molecule has 2 heterocycles. The molecule has 2 atom stereocenters. The number of benzene rings is 1. The van der Waals surface area contributed by atoms with E-state index in [0.29, 0.717) is 39.0 Å². The third-order valence-corrected chi connectivity index (χ3v) is 5.95. The molecule has 6 nitrogen and oxygen atoms in total. The summed E-state index contributed by atoms with van der Waals surface area (Å²) in [7, 11) is 0. The predicted molar refractivity (Wildman–Crippen MR) is 108 cm³/mol. The van der Waals surface area contributed by atoms with Crippen LogP contribution in [-0.2, 0) is 24.3 Å². The number of rotatable bonds is 7. The molecule has 150 valence electrons. The first-order valence-electron chi connectivity index (χ1n) is 9.69. The van der Waals surface area contributed by atoms with Gasteiger partial charge in [0.05, 0.1) is 18.3 Å². The molecule has 1 fully saturated rings. The Labute approximate surface area is 166 Å². The Morgan fingerprint density at radius 2 is 2.07 bits per heavy atom. The van der Waals surface area contributed by atoms with E-state index in [1.165, 1.54) is 0 Å². The number of aromatic nitrogens is 2. The third-order valence-electron chi connectivity index (χ3n) is 5.95. The number of aryl methyl sites for hydroxylation is 1. The van der Waals surface area contributed by atoms with Gasteiger partial charge in [-0.2, -0.15) is 5.10 Å². The molecule has 0 amide bonds. The van der Waals surface area contributed by atoms with Crippen molar-refractivity contribution in [1.29, 1.82) is 0 Å². The molecule has 0 unspecified atom stereocenters. The number of allylic oxidation sites excluding steroid dienone is 1. The van der Waals surface area contributed by atoms with Crippen LogP contribution >= 0.6 is 0 Å². The van der Waals surface area contributed by atoms with Gasteiger partial charge in [-0.1, -0.05) is 36.4 Å². The number of β-amino-alcohol motifs (C(OH)–C–C–N with tert-alkyl or cyclic N) is 1. The quantitative estimate of drug-likeness (QED) is 0.719. The molecule has 1 aromatic heterocycles. The van der Waals surface area contributed by atoms with E-state index in [0.717, 1.165) is 22.5 Å². The second-order valence-electron chi connectivity index (χ2n) is 7.74. The average molecular weight is 383 g/mol. The van der Waals surface area contributed by atoms with Crippen LogP contribution in [0.15, 0.2) is 43.0 Å². The Bertz CT molecular complexity index is 846. The van der Waals surface area contributed by atoms with Gasteiger partial charge in [0, 0.05) is 24.3 Å². The van der Waals surface area contributed by atoms with Gasteiger partial charge < -0.3 is 10.2 Å². The first-order valence-corrected chi connectivity index (χ1v) is 9.69. The third kappa shape index (κ3) is 3.88. The summed E-state index contributed by atoms with van der Waals surface area (Å²) in [5, 5.41) is 25.4. The lowest BCUT2D eigenvalue weighted by Gasteiger charge is -2.43. The summed E-state index contributed by atoms with van der Waals surface area (Å²) in [4.78, 5) is 14.3. The van der Waals surface area contributed by atoms with Crippen molar-refractivity contribution >= 4 is 5.97 Å². The SMILES string of the molecule is C=CCn1nc(C)c(CN2CC[C@](Cc3ccccc3)(C(=O)O)[C@@H](O)C2)c1C. The van der Waals surface area contributed by atoms with Gasteiger partial charge in [0.2, 0.25) is 0 Å². The van der Waals surface area contributed by atoms with E-state index in [4.69, 9.17) is 0 Å². The zero-order chi connectivity index (χ0) is 20.3. The Balaban J connectivity index is 1.75. The molecule has 3 rings (SSSR count). The lowest BCUT2D eigenvalue weighted by Crippen LogP contribution is -2.55. The summed E-state index contributed by atoms with van der Waals surface area (Å²) < 4.78 is 1.93. The highest BCUT2D eigenvalue weighted by atomic mass is 16.4. The van der Waals surface area contributed by atoms with Crippen molar-refractivity contribution in [3.63, 3.8) is 0 Å². The highest BCUT2D eigenvalue weighted by Crippen LogP contribution is 2.36. The molecule has 0 aliphatic carbocycles. The molecule has 1 aliphatic heterocycles. The maximum absolute atomic E-state index is 12.1. The van der Waals surface area contributed by atoms with Crippen LogP contribution in [0.1, 0.15) is 28.9 Å². The van der Waals surface area contributed by atoms with E-state index in [9.17, 15) is 15.0 Å². The van der Waals surface area contributed by atoms with Crippen LogP contribution < -0.4 is 0 Å². The minimum atomic E-state index is -1.14. The zero-order valence-corrected chi connectivity index (χ0v) is 16.6. The van der Waals surface area contributed by atoms with Crippen LogP contribution in [0.4, 0.5) is 0 Å². The summed E-state index contributed by atoms with van der Waals surface area (Å²) in [5.41, 5.74) is 2.99. The highest BCUT2D eigenvalue weighted by Gasteiger charge is 2.48. The minimum absolute atomic E-state index is 0.338. The van der Waals surface area contributed by atoms with Gasteiger partial charge in [-0.15, -0.1) is 6.58 Å². The second-order valence-corrected chi connectivity index (χ2v) is 7.74. The molecule has 2 N–H and O–H groups in total. The van der Waals surface area contributed by atoms with Gasteiger partial charge in [0.1, 0.15) is 5.41 Å². The zero-order valence-electron chi connectivity index (χ0n) is 16.6. The van der Waals surface area contributed by atoms with Gasteiger partial charge in [-0.25, -0.2) is 0 Å². The lowest BCUT2D eigenvalue weighted by molar-refractivity contribution is -0.163. The van der Waals surface area contributed by atoms with Gasteiger partial charge >= 0.3 is 5.97 Å². The number of hydrogen-bond donors (Lipinski definition) is 2. The number of carbonyl (C=O) groups is 1. The smallest absolute Gasteiger partial charge is 0.312 e. The number of likely N-dealkylation sites (tertiary alicyclic amines) is 1. The molecule has 1 saturated heterocycles. The van der Waals surface area contributed by atoms with Crippen LogP contribution in [-0.4, -0.2) is 50.1 Å². The lowest BCUT2D eigenvalue weighted by atomic mass is 9.71. The van der Waals surface area contributed by atoms with Crippen LogP contribution in [0.2, 0.25) is 0 Å². The van der Waals surface area contributed by atoms with Crippen molar-refractivity contribution in [1.82, 2.24) is 14.7 Å². The average Bonchev–Trinajstić information content (AvgIpc) is 2.92. The largest absolute Gasteiger partial charge is 0.481 e. The second kappa shape index (κ2) is 8.29. The van der Waals surface area contributed by atoms with E-state index >= 15 is 0 Å². The fourth-order valence-electron chi connectivity index (χ4n) is 4.16. The molecule has 0 saturated carbocycles. The molecular weight excluding hydrogens is 354 g/mol. The molecule has 6 heteroatoms. The topological polar surface area (TPSA) is 78.6 Å². The first-order chi connectivity index (χ1) is 13.4. The number of carboxylic acids is 1. The molecule has 28 heavy (non-hydrogen) atoms. The molecule has 0 radical (unpaired) electrons. The Kier molecular flexibility index (Phi) is 6.01. The van der Waals surface area contributed by atoms with E-state index in [1.54, 1.807) is 0 Å². The highest BCUT2D eigenvalue weighted by molar-refractivity contribution is 5.76. The van der Waals surface area contributed by atoms with Crippen molar-refractivity contribution < 1.29 is 15.0 Å². The maximum Gasteiger partial charge on any atom is 0.312 e. The summed E-state index contributed by atoms with van der Waals surface area (Å²) in [6.07, 6.45) is 1.64. The van der Waals surface area contributed by atoms with Gasteiger partial charge in [0.25, 0.3) is 0 Å². The predicted octanol–water partition coefficient (Wildman–Crippen LogP) is 2.57. The van der Waals surface area contributed by atoms with Crippen LogP contribution in [0.3, 0.4) is 0 Å². The molecule has 0 bridgehead atoms. The fraction of sp³-hybridized carbons (Fsp3) is 0.455. The minimum Gasteiger partial charge on any atom is -0.481 e. The van der Waals surface area contributed by atoms with Gasteiger partial charge in [-0.3, -0.25) is 14.4 Å². The van der Waals surface area contributed by atoms with E-state index < -0.39 is 17.5 Å². The maximum atomic E-state index is 12.1. The number of aliphatic carboxylic acids is 1. The summed E-state index contributed by atoms with van der Waals surface area (Å²) in [5.74, 6) is -0.922. The monoisotopic (exact) mass is 383 g/mol. The number of aliphatic hydroxyl groups excluding tert-OH is 1. The van der Waals surface area contributed by atoms with Crippen LogP contribution in [0.25, 0.3) is 0 Å². The van der Waals surface area contributed by atoms with Crippen molar-refractivity contribution in [2.24, 2.45) is 5.41 Å². The summed E-state index contributed by atoms with van der Waals surface area (Å²) >= 11 is 0. The Hall–Kier alpha value is -2.44. The van der Waals surface area contributed by atoms with Crippen molar-refractivity contribution in [2.75, 3.05) is 13.1 Å². The normalized spacial score (nSPS) is 22.9. The number of hydrogen-bond acceptors (Lipinski definition) is 4. The number of nitrogens with zero attached hydrogens (tertiary/aromatic N) is 3. The molecule has 2 aromatic rings. The number of piperidine rings is 1. The van der Waals surface area contributed by atoms with Crippen LogP contribution in [0.5, 0.6) is 0 Å². The summed E-state index contributed by atoms with van der Waals surface area (Å²) in [6.45, 7) is 10.1. The van der Waals surface area contributed by atoms with E-state index in [1.807, 2.05) is 54.9 Å². The molecule has 1 aromatic carbocycles. The summed E-state index contributed by atoms with van der Waals surface area (Å²) in [6, 6.07) is 9.56. The molecular formula is C22H29N3O3. The van der Waals surface area contributed by atoms with Gasteiger partial charge in [0.15, 0.2) is 0 Å². The Morgan fingerprint density at radius 3 is 2.68 bits per heavy atom. The van der Waals surface area contributed by atoms with E-state index in [2.05, 4.69) is 16.6 Å². The van der Waals surface area contributed by atoms with Crippen LogP contribution in [0, 0.1) is 19.3 Å². The van der Waals surface area contributed by atoms with Crippen molar-refractivity contribution in [3.05, 3.63) is 65.5 Å². The molecule has 1 aliphatic rings. The standard InChI is InChI=1S/C22H29N3O3/c1-4-11-25-17(3)19(16(2)23-25)14-24-12-10-22(21(27)28,20(26)15-24)13-18-8-6-5-7-9-18/h4-9,20,26H,1,10-15H2,2-3H3,(H,27,28)/t20-,22+/m0/s1.